The standard InChI is InChI=1S/C32H37N5O.C19H25N5O2.C17H23N5O/c1-24(2)21-37-30-27-17-11-12-18-28(27)33-31(29(30)34-32(37)35(3)19-20-38-4)36(22-25-13-7-5-8-14-25)23-26-15-9-6-10-16-26;1-12(2)11-24-17-14-7-5-6-8-15(14)21-18(20)16(17)22-19(24)23(4)9-10-26-13(3)25;1-11(2)10-22-15-12-6-4-5-7-13(12)19-16(18)14(15)20-17(22)21(3)8-9-23/h5-18,24H,19-23H2,1-4H3;5-8,12H,9-11H2,1-4H3,(H2,20,21);4-7,11,23H,8-10H2,1-3H3,(H2,18,19). The van der Waals surface area contributed by atoms with Crippen LogP contribution < -0.4 is 31.1 Å². The first-order chi connectivity index (χ1) is 42.0. The van der Waals surface area contributed by atoms with Crippen LogP contribution in [0.1, 0.15) is 59.6 Å². The normalized spacial score (nSPS) is 11.5. The van der Waals surface area contributed by atoms with Crippen molar-refractivity contribution in [2.45, 2.75) is 81.2 Å². The summed E-state index contributed by atoms with van der Waals surface area (Å²) in [6.07, 6.45) is 0. The van der Waals surface area contributed by atoms with Gasteiger partial charge in [-0.25, -0.2) is 29.9 Å². The van der Waals surface area contributed by atoms with Crippen LogP contribution in [0.15, 0.2) is 133 Å². The highest BCUT2D eigenvalue weighted by atomic mass is 16.5. The number of pyridine rings is 3. The minimum atomic E-state index is -0.284. The lowest BCUT2D eigenvalue weighted by atomic mass is 10.1. The molecule has 456 valence electrons. The van der Waals surface area contributed by atoms with Gasteiger partial charge in [0.2, 0.25) is 17.8 Å². The van der Waals surface area contributed by atoms with Crippen LogP contribution in [0.4, 0.5) is 35.3 Å². The molecular weight excluding hydrogens is 1090 g/mol. The Morgan fingerprint density at radius 3 is 1.24 bits per heavy atom. The minimum absolute atomic E-state index is 0.0792. The number of carbonyl (C=O) groups excluding carboxylic acids is 1. The SMILES string of the molecule is CC(=O)OCCN(C)c1nc2c(N)nc3ccccc3c2n1CC(C)C.CC(C)Cn1c(N(C)CCO)nc2c(N)nc3ccccc3c21.COCCN(C)c1nc2c(N(Cc3ccccc3)Cc3ccccc3)nc3ccccc3c2n1CC(C)C. The lowest BCUT2D eigenvalue weighted by Gasteiger charge is -2.25. The van der Waals surface area contributed by atoms with E-state index in [0.29, 0.717) is 61.2 Å². The van der Waals surface area contributed by atoms with Gasteiger partial charge in [0.15, 0.2) is 17.5 Å². The number of esters is 1. The van der Waals surface area contributed by atoms with E-state index < -0.39 is 0 Å². The largest absolute Gasteiger partial charge is 0.464 e. The van der Waals surface area contributed by atoms with Crippen molar-refractivity contribution in [2.75, 3.05) is 98.8 Å². The first-order valence-electron chi connectivity index (χ1n) is 30.0. The average Bonchev–Trinajstić information content (AvgIpc) is 1.68. The van der Waals surface area contributed by atoms with Gasteiger partial charge >= 0.3 is 5.97 Å². The second-order valence-electron chi connectivity index (χ2n) is 23.5. The third-order valence-electron chi connectivity index (χ3n) is 14.9. The number of fused-ring (bicyclic) bond motifs is 9. The number of aromatic nitrogens is 9. The molecule has 0 amide bonds. The number of hydrogen-bond donors (Lipinski definition) is 3. The number of rotatable bonds is 22. The molecule has 0 atom stereocenters. The number of imidazole rings is 3. The zero-order valence-electron chi connectivity index (χ0n) is 52.4. The van der Waals surface area contributed by atoms with Crippen LogP contribution in [0.5, 0.6) is 0 Å². The molecule has 11 rings (SSSR count). The van der Waals surface area contributed by atoms with E-state index in [1.54, 1.807) is 7.11 Å². The van der Waals surface area contributed by atoms with Crippen LogP contribution in [0, 0.1) is 17.8 Å². The van der Waals surface area contributed by atoms with Gasteiger partial charge in [0.05, 0.1) is 52.9 Å². The van der Waals surface area contributed by atoms with E-state index in [1.807, 2.05) is 66.4 Å². The van der Waals surface area contributed by atoms with E-state index in [-0.39, 0.29) is 12.6 Å². The summed E-state index contributed by atoms with van der Waals surface area (Å²) in [5.41, 5.74) is 23.1. The number of hydrogen-bond acceptors (Lipinski definition) is 16. The number of benzene rings is 5. The summed E-state index contributed by atoms with van der Waals surface area (Å²) < 4.78 is 17.2. The molecular formula is C68H85N15O4. The van der Waals surface area contributed by atoms with Crippen molar-refractivity contribution in [2.24, 2.45) is 17.8 Å². The van der Waals surface area contributed by atoms with Crippen LogP contribution in [-0.4, -0.2) is 122 Å². The van der Waals surface area contributed by atoms with Gasteiger partial charge in [-0.2, -0.15) is 0 Å². The highest BCUT2D eigenvalue weighted by molar-refractivity contribution is 6.09. The number of nitrogens with two attached hydrogens (primary N) is 2. The Morgan fingerprint density at radius 2 is 0.851 bits per heavy atom. The Hall–Kier alpha value is -9.07. The molecule has 6 heterocycles. The quantitative estimate of drug-likeness (QED) is 0.0538. The monoisotopic (exact) mass is 1180 g/mol. The van der Waals surface area contributed by atoms with E-state index in [4.69, 9.17) is 40.9 Å². The summed E-state index contributed by atoms with van der Waals surface area (Å²) in [6, 6.07) is 45.6. The first kappa shape index (κ1) is 62.5. The minimum Gasteiger partial charge on any atom is -0.464 e. The molecule has 0 bridgehead atoms. The number of likely N-dealkylation sites (N-methyl/N-ethyl adjacent to an activating group) is 3. The number of aliphatic hydroxyl groups excluding tert-OH is 1. The van der Waals surface area contributed by atoms with Gasteiger partial charge in [-0.1, -0.05) is 157 Å². The van der Waals surface area contributed by atoms with Gasteiger partial charge in [-0.05, 0) is 47.1 Å². The summed E-state index contributed by atoms with van der Waals surface area (Å²) in [4.78, 5) is 48.6. The Labute approximate surface area is 510 Å². The van der Waals surface area contributed by atoms with Crippen LogP contribution in [-0.2, 0) is 47.0 Å². The van der Waals surface area contributed by atoms with Crippen molar-refractivity contribution in [1.82, 2.24) is 43.6 Å². The summed E-state index contributed by atoms with van der Waals surface area (Å²) in [5.74, 6) is 5.41. The summed E-state index contributed by atoms with van der Waals surface area (Å²) in [5, 5.41) is 12.5. The fourth-order valence-electron chi connectivity index (χ4n) is 11.0. The number of ether oxygens (including phenoxy) is 2. The number of aliphatic hydroxyl groups is 1. The maximum Gasteiger partial charge on any atom is 0.302 e. The molecule has 5 aromatic carbocycles. The van der Waals surface area contributed by atoms with Crippen LogP contribution in [0.25, 0.3) is 65.8 Å². The van der Waals surface area contributed by atoms with Crippen LogP contribution in [0.2, 0.25) is 0 Å². The molecule has 11 aromatic rings. The van der Waals surface area contributed by atoms with Crippen molar-refractivity contribution < 1.29 is 19.4 Å². The molecule has 0 aliphatic carbocycles. The smallest absolute Gasteiger partial charge is 0.302 e. The molecule has 0 aliphatic rings. The molecule has 0 saturated heterocycles. The number of nitrogens with zero attached hydrogens (tertiary/aromatic N) is 13. The van der Waals surface area contributed by atoms with Crippen LogP contribution in [0.3, 0.4) is 0 Å². The second kappa shape index (κ2) is 28.4. The first-order valence-corrected chi connectivity index (χ1v) is 30.0. The van der Waals surface area contributed by atoms with Gasteiger partial charge in [-0.3, -0.25) is 4.79 Å². The molecule has 19 heteroatoms. The van der Waals surface area contributed by atoms with Crippen molar-refractivity contribution in [3.05, 3.63) is 145 Å². The molecule has 87 heavy (non-hydrogen) atoms. The van der Waals surface area contributed by atoms with Gasteiger partial charge in [0, 0.05) is 97.1 Å². The molecule has 0 unspecified atom stereocenters. The molecule has 5 N–H and O–H groups in total. The van der Waals surface area contributed by atoms with E-state index in [2.05, 4.69) is 173 Å². The Balaban J connectivity index is 0.000000162. The number of nitrogen functional groups attached to an aromatic ring is 2. The number of carbonyl (C=O) groups is 1. The van der Waals surface area contributed by atoms with Crippen molar-refractivity contribution in [3.63, 3.8) is 0 Å². The van der Waals surface area contributed by atoms with E-state index in [1.165, 1.54) is 18.1 Å². The highest BCUT2D eigenvalue weighted by Crippen LogP contribution is 2.38. The lowest BCUT2D eigenvalue weighted by molar-refractivity contribution is -0.140. The topological polar surface area (TPSA) is 213 Å². The molecule has 0 fully saturated rings. The Bertz CT molecular complexity index is 4040. The third kappa shape index (κ3) is 14.4. The zero-order valence-corrected chi connectivity index (χ0v) is 52.4. The zero-order chi connectivity index (χ0) is 61.9. The number of para-hydroxylation sites is 3. The molecule has 0 radical (unpaired) electrons. The predicted octanol–water partition coefficient (Wildman–Crippen LogP) is 11.6. The molecule has 0 aliphatic heterocycles. The summed E-state index contributed by atoms with van der Waals surface area (Å²) >= 11 is 0. The van der Waals surface area contributed by atoms with Gasteiger partial charge in [0.25, 0.3) is 0 Å². The Kier molecular flexibility index (Phi) is 20.4. The van der Waals surface area contributed by atoms with E-state index >= 15 is 0 Å². The fraction of sp³-hybridized carbons (Fsp3) is 0.368. The van der Waals surface area contributed by atoms with E-state index in [0.717, 1.165) is 123 Å². The number of anilines is 6. The average molecular weight is 1180 g/mol. The van der Waals surface area contributed by atoms with Gasteiger partial charge in [-0.15, -0.1) is 0 Å². The molecule has 19 nitrogen and oxygen atoms in total. The summed E-state index contributed by atoms with van der Waals surface area (Å²) in [6.45, 7) is 21.4. The van der Waals surface area contributed by atoms with Crippen molar-refractivity contribution >= 4 is 107 Å². The molecule has 6 aromatic heterocycles. The van der Waals surface area contributed by atoms with Gasteiger partial charge < -0.3 is 59.3 Å². The van der Waals surface area contributed by atoms with Crippen molar-refractivity contribution in [1.29, 1.82) is 0 Å². The maximum absolute atomic E-state index is 11.0. The predicted molar refractivity (Wildman–Crippen MR) is 357 cm³/mol. The van der Waals surface area contributed by atoms with Crippen molar-refractivity contribution in [3.8, 4) is 0 Å². The molecule has 0 spiro atoms. The Morgan fingerprint density at radius 1 is 0.494 bits per heavy atom. The highest BCUT2D eigenvalue weighted by Gasteiger charge is 2.26. The maximum atomic E-state index is 11.0. The summed E-state index contributed by atoms with van der Waals surface area (Å²) in [7, 11) is 7.71. The number of methoxy groups -OCH3 is 1. The van der Waals surface area contributed by atoms with Crippen LogP contribution >= 0.6 is 0 Å². The lowest BCUT2D eigenvalue weighted by Crippen LogP contribution is -2.27. The second-order valence-corrected chi connectivity index (χ2v) is 23.5. The van der Waals surface area contributed by atoms with E-state index in [9.17, 15) is 9.90 Å². The molecule has 0 saturated carbocycles. The fourth-order valence-corrected chi connectivity index (χ4v) is 11.0. The van der Waals surface area contributed by atoms with Gasteiger partial charge in [0.1, 0.15) is 23.2 Å². The third-order valence-corrected chi connectivity index (χ3v) is 14.9.